The van der Waals surface area contributed by atoms with Crippen molar-refractivity contribution < 1.29 is 14.8 Å². The highest BCUT2D eigenvalue weighted by atomic mass is 16.3. The van der Waals surface area contributed by atoms with Crippen molar-refractivity contribution in [3.8, 4) is 6.07 Å². The Bertz CT molecular complexity index is 698. The molecule has 26 heavy (non-hydrogen) atoms. The lowest BCUT2D eigenvalue weighted by Gasteiger charge is -2.26. The zero-order chi connectivity index (χ0) is 18.6. The number of carbonyl (C=O) groups is 1. The van der Waals surface area contributed by atoms with Gasteiger partial charge in [0.15, 0.2) is 0 Å². The van der Waals surface area contributed by atoms with E-state index in [9.17, 15) is 9.90 Å². The van der Waals surface area contributed by atoms with Gasteiger partial charge in [-0.1, -0.05) is 60.7 Å². The summed E-state index contributed by atoms with van der Waals surface area (Å²) in [5, 5.41) is 21.7. The molecule has 0 fully saturated rings. The molecule has 1 unspecified atom stereocenters. The molecule has 0 spiro atoms. The second-order valence-electron chi connectivity index (χ2n) is 6.32. The van der Waals surface area contributed by atoms with Crippen LogP contribution in [0, 0.1) is 11.3 Å². The van der Waals surface area contributed by atoms with Crippen LogP contribution in [0.25, 0.3) is 0 Å². The van der Waals surface area contributed by atoms with Gasteiger partial charge in [-0.05, 0) is 5.56 Å². The number of quaternary nitrogens is 1. The summed E-state index contributed by atoms with van der Waals surface area (Å²) in [6.07, 6.45) is 0.626. The standard InChI is InChI=1S/C21H25N3O2/c22-12-7-13-24(16-19-10-5-2-6-11-19)20(17-25)14-21(26)23-15-18-8-3-1-4-9-18/h1-6,8-11,20,25H,7,13-17H2,(H,23,26)/p+1/t20-/m1/s1. The summed E-state index contributed by atoms with van der Waals surface area (Å²) in [7, 11) is 0. The van der Waals surface area contributed by atoms with Crippen LogP contribution in [0.3, 0.4) is 0 Å². The molecule has 0 aromatic heterocycles. The molecule has 2 atom stereocenters. The van der Waals surface area contributed by atoms with Gasteiger partial charge in [0.25, 0.3) is 0 Å². The Hall–Kier alpha value is -2.68. The van der Waals surface area contributed by atoms with Crippen molar-refractivity contribution in [2.45, 2.75) is 32.0 Å². The normalized spacial score (nSPS) is 12.8. The smallest absolute Gasteiger partial charge is 0.226 e. The van der Waals surface area contributed by atoms with Gasteiger partial charge in [0.2, 0.25) is 5.91 Å². The van der Waals surface area contributed by atoms with Crippen LogP contribution >= 0.6 is 0 Å². The molecule has 0 aliphatic rings. The van der Waals surface area contributed by atoms with E-state index in [1.54, 1.807) is 0 Å². The lowest BCUT2D eigenvalue weighted by Crippen LogP contribution is -3.15. The van der Waals surface area contributed by atoms with E-state index >= 15 is 0 Å². The maximum Gasteiger partial charge on any atom is 0.226 e. The number of benzene rings is 2. The summed E-state index contributed by atoms with van der Waals surface area (Å²) in [5.41, 5.74) is 2.17. The Balaban J connectivity index is 1.94. The number of nitrogens with one attached hydrogen (secondary N) is 2. The van der Waals surface area contributed by atoms with Crippen molar-refractivity contribution in [2.75, 3.05) is 13.2 Å². The molecule has 0 aliphatic carbocycles. The van der Waals surface area contributed by atoms with Gasteiger partial charge in [-0.15, -0.1) is 0 Å². The molecule has 0 bridgehead atoms. The second kappa shape index (κ2) is 11.0. The van der Waals surface area contributed by atoms with Gasteiger partial charge in [0.1, 0.15) is 12.6 Å². The van der Waals surface area contributed by atoms with E-state index in [0.29, 0.717) is 26.1 Å². The fraction of sp³-hybridized carbons (Fsp3) is 0.333. The van der Waals surface area contributed by atoms with Crippen molar-refractivity contribution in [2.24, 2.45) is 0 Å². The minimum Gasteiger partial charge on any atom is -0.390 e. The number of amides is 1. The molecular formula is C21H26N3O2+. The topological polar surface area (TPSA) is 77.6 Å². The molecular weight excluding hydrogens is 326 g/mol. The second-order valence-corrected chi connectivity index (χ2v) is 6.32. The van der Waals surface area contributed by atoms with E-state index in [2.05, 4.69) is 11.4 Å². The molecule has 2 aromatic rings. The first-order valence-corrected chi connectivity index (χ1v) is 8.90. The third-order valence-corrected chi connectivity index (χ3v) is 4.39. The van der Waals surface area contributed by atoms with Crippen LogP contribution in [-0.4, -0.2) is 30.2 Å². The van der Waals surface area contributed by atoms with E-state index in [4.69, 9.17) is 5.26 Å². The number of carbonyl (C=O) groups excluding carboxylic acids is 1. The van der Waals surface area contributed by atoms with E-state index in [-0.39, 0.29) is 25.0 Å². The van der Waals surface area contributed by atoms with Crippen LogP contribution < -0.4 is 10.2 Å². The van der Waals surface area contributed by atoms with E-state index < -0.39 is 0 Å². The molecule has 0 saturated heterocycles. The summed E-state index contributed by atoms with van der Waals surface area (Å²) < 4.78 is 0. The molecule has 2 aromatic carbocycles. The monoisotopic (exact) mass is 352 g/mol. The average Bonchev–Trinajstić information content (AvgIpc) is 2.69. The zero-order valence-corrected chi connectivity index (χ0v) is 14.9. The van der Waals surface area contributed by atoms with Gasteiger partial charge in [0, 0.05) is 12.1 Å². The van der Waals surface area contributed by atoms with Gasteiger partial charge >= 0.3 is 0 Å². The van der Waals surface area contributed by atoms with Crippen molar-refractivity contribution in [3.05, 3.63) is 71.8 Å². The van der Waals surface area contributed by atoms with E-state index in [1.165, 1.54) is 0 Å². The van der Waals surface area contributed by atoms with Crippen LogP contribution in [0.1, 0.15) is 24.0 Å². The molecule has 136 valence electrons. The Kier molecular flexibility index (Phi) is 8.34. The molecule has 0 radical (unpaired) electrons. The number of aliphatic hydroxyl groups excluding tert-OH is 1. The highest BCUT2D eigenvalue weighted by molar-refractivity contribution is 5.76. The number of nitriles is 1. The summed E-state index contributed by atoms with van der Waals surface area (Å²) in [4.78, 5) is 13.4. The SMILES string of the molecule is N#CCC[NH+](Cc1ccccc1)[C@@H](CO)CC(=O)NCc1ccccc1. The molecule has 5 nitrogen and oxygen atoms in total. The zero-order valence-electron chi connectivity index (χ0n) is 14.9. The largest absolute Gasteiger partial charge is 0.390 e. The van der Waals surface area contributed by atoms with Gasteiger partial charge in [-0.3, -0.25) is 4.79 Å². The summed E-state index contributed by atoms with van der Waals surface area (Å²) in [5.74, 6) is -0.0876. The van der Waals surface area contributed by atoms with E-state index in [1.807, 2.05) is 60.7 Å². The molecule has 0 aliphatic heterocycles. The third-order valence-electron chi connectivity index (χ3n) is 4.39. The van der Waals surface area contributed by atoms with Crippen LogP contribution in [0.15, 0.2) is 60.7 Å². The number of aliphatic hydroxyl groups is 1. The first-order valence-electron chi connectivity index (χ1n) is 8.90. The van der Waals surface area contributed by atoms with Crippen LogP contribution in [0.4, 0.5) is 0 Å². The Morgan fingerprint density at radius 2 is 1.69 bits per heavy atom. The Morgan fingerprint density at radius 1 is 1.08 bits per heavy atom. The highest BCUT2D eigenvalue weighted by Crippen LogP contribution is 1.99. The molecule has 0 saturated carbocycles. The lowest BCUT2D eigenvalue weighted by atomic mass is 10.1. The number of hydrogen-bond acceptors (Lipinski definition) is 3. The summed E-state index contributed by atoms with van der Waals surface area (Å²) in [6.45, 7) is 1.67. The van der Waals surface area contributed by atoms with Crippen molar-refractivity contribution in [1.82, 2.24) is 5.32 Å². The van der Waals surface area contributed by atoms with Crippen LogP contribution in [0.2, 0.25) is 0 Å². The van der Waals surface area contributed by atoms with Crippen LogP contribution in [0.5, 0.6) is 0 Å². The number of nitrogens with zero attached hydrogens (tertiary/aromatic N) is 1. The van der Waals surface area contributed by atoms with Gasteiger partial charge in [-0.25, -0.2) is 0 Å². The average molecular weight is 352 g/mol. The quantitative estimate of drug-likeness (QED) is 0.598. The molecule has 5 heteroatoms. The Labute approximate surface area is 154 Å². The molecule has 0 heterocycles. The van der Waals surface area contributed by atoms with Gasteiger partial charge in [0.05, 0.1) is 32.1 Å². The van der Waals surface area contributed by atoms with E-state index in [0.717, 1.165) is 16.0 Å². The maximum atomic E-state index is 12.3. The first kappa shape index (κ1) is 19.6. The molecule has 1 amide bonds. The molecule has 3 N–H and O–H groups in total. The van der Waals surface area contributed by atoms with Crippen molar-refractivity contribution in [3.63, 3.8) is 0 Å². The third kappa shape index (κ3) is 6.67. The summed E-state index contributed by atoms with van der Waals surface area (Å²) >= 11 is 0. The predicted molar refractivity (Wildman–Crippen MR) is 100.0 cm³/mol. The predicted octanol–water partition coefficient (Wildman–Crippen LogP) is 1.05. The van der Waals surface area contributed by atoms with Gasteiger partial charge < -0.3 is 15.3 Å². The summed E-state index contributed by atoms with van der Waals surface area (Å²) in [6, 6.07) is 21.6. The fourth-order valence-electron chi connectivity index (χ4n) is 2.94. The lowest BCUT2D eigenvalue weighted by molar-refractivity contribution is -0.938. The Morgan fingerprint density at radius 3 is 2.27 bits per heavy atom. The minimum atomic E-state index is -0.237. The maximum absolute atomic E-state index is 12.3. The minimum absolute atomic E-state index is 0.0876. The van der Waals surface area contributed by atoms with Crippen molar-refractivity contribution in [1.29, 1.82) is 5.26 Å². The number of rotatable bonds is 10. The van der Waals surface area contributed by atoms with Crippen LogP contribution in [-0.2, 0) is 17.9 Å². The van der Waals surface area contributed by atoms with Gasteiger partial charge in [-0.2, -0.15) is 5.26 Å². The first-order chi connectivity index (χ1) is 12.7. The van der Waals surface area contributed by atoms with Crippen molar-refractivity contribution >= 4 is 5.91 Å². The number of hydrogen-bond donors (Lipinski definition) is 3. The highest BCUT2D eigenvalue weighted by Gasteiger charge is 2.24. The fourth-order valence-corrected chi connectivity index (χ4v) is 2.94. The molecule has 2 rings (SSSR count).